The topological polar surface area (TPSA) is 74.2 Å². The van der Waals surface area contributed by atoms with Gasteiger partial charge in [-0.1, -0.05) is 50.2 Å². The molecule has 6 heteroatoms. The number of methoxy groups -OCH3 is 4. The van der Waals surface area contributed by atoms with E-state index in [0.717, 1.165) is 28.0 Å². The van der Waals surface area contributed by atoms with Gasteiger partial charge in [0.2, 0.25) is 0 Å². The van der Waals surface area contributed by atoms with E-state index in [1.165, 1.54) is 12.7 Å². The molecule has 6 nitrogen and oxygen atoms in total. The first-order chi connectivity index (χ1) is 17.8. The fourth-order valence-electron chi connectivity index (χ4n) is 4.69. The Balaban J connectivity index is 2.02. The molecule has 1 N–H and O–H groups in total. The maximum Gasteiger partial charge on any atom is 0.338 e. The number of aliphatic hydroxyl groups is 1. The van der Waals surface area contributed by atoms with Crippen molar-refractivity contribution in [2.45, 2.75) is 25.7 Å². The lowest BCUT2D eigenvalue weighted by Crippen LogP contribution is -2.22. The van der Waals surface area contributed by atoms with E-state index in [1.807, 2.05) is 54.6 Å². The molecule has 1 aliphatic carbocycles. The van der Waals surface area contributed by atoms with Gasteiger partial charge in [0, 0.05) is 11.5 Å². The number of carbonyl (C=O) groups excluding carboxylic acids is 1. The maximum absolute atomic E-state index is 13.2. The van der Waals surface area contributed by atoms with Crippen LogP contribution >= 0.6 is 0 Å². The van der Waals surface area contributed by atoms with Crippen molar-refractivity contribution in [1.29, 1.82) is 0 Å². The van der Waals surface area contributed by atoms with Crippen molar-refractivity contribution in [2.24, 2.45) is 0 Å². The minimum atomic E-state index is -0.600. The summed E-state index contributed by atoms with van der Waals surface area (Å²) in [5.74, 6) is 0.815. The van der Waals surface area contributed by atoms with E-state index in [4.69, 9.17) is 18.9 Å². The first kappa shape index (κ1) is 25.9. The number of hydrogen-bond donors (Lipinski definition) is 1. The van der Waals surface area contributed by atoms with Crippen LogP contribution in [0.4, 0.5) is 0 Å². The van der Waals surface area contributed by atoms with Crippen LogP contribution in [-0.4, -0.2) is 39.5 Å². The molecule has 0 spiro atoms. The van der Waals surface area contributed by atoms with Crippen LogP contribution in [0, 0.1) is 0 Å². The number of benzene rings is 3. The van der Waals surface area contributed by atoms with Gasteiger partial charge >= 0.3 is 5.97 Å². The zero-order chi connectivity index (χ0) is 26.7. The number of esters is 1. The van der Waals surface area contributed by atoms with Crippen molar-refractivity contribution in [2.75, 3.05) is 28.4 Å². The first-order valence-electron chi connectivity index (χ1n) is 12.1. The molecule has 3 aromatic carbocycles. The summed E-state index contributed by atoms with van der Waals surface area (Å²) in [6, 6.07) is 19.2. The molecular formula is C31H32O6. The Morgan fingerprint density at radius 2 is 1.49 bits per heavy atom. The number of carbonyl (C=O) groups is 1. The third-order valence-electron chi connectivity index (χ3n) is 6.72. The highest BCUT2D eigenvalue weighted by Crippen LogP contribution is 2.49. The van der Waals surface area contributed by atoms with Gasteiger partial charge in [-0.15, -0.1) is 0 Å². The Kier molecular flexibility index (Phi) is 7.58. The number of rotatable bonds is 7. The molecule has 0 saturated carbocycles. The summed E-state index contributed by atoms with van der Waals surface area (Å²) in [6.45, 7) is 4.26. The van der Waals surface area contributed by atoms with Gasteiger partial charge in [-0.3, -0.25) is 0 Å². The Morgan fingerprint density at radius 1 is 0.865 bits per heavy atom. The van der Waals surface area contributed by atoms with Crippen LogP contribution in [0.3, 0.4) is 0 Å². The van der Waals surface area contributed by atoms with Gasteiger partial charge in [-0.25, -0.2) is 4.79 Å². The van der Waals surface area contributed by atoms with E-state index in [1.54, 1.807) is 21.3 Å². The Labute approximate surface area is 217 Å². The molecule has 0 saturated heterocycles. The molecule has 37 heavy (non-hydrogen) atoms. The van der Waals surface area contributed by atoms with Crippen LogP contribution < -0.4 is 14.2 Å². The van der Waals surface area contributed by atoms with Crippen molar-refractivity contribution in [1.82, 2.24) is 0 Å². The van der Waals surface area contributed by atoms with Crippen LogP contribution in [0.15, 0.2) is 72.0 Å². The molecule has 0 bridgehead atoms. The lowest BCUT2D eigenvalue weighted by molar-refractivity contribution is -0.136. The Hall–Kier alpha value is -4.19. The van der Waals surface area contributed by atoms with Crippen LogP contribution in [0.5, 0.6) is 17.2 Å². The molecule has 0 heterocycles. The Bertz CT molecular complexity index is 1350. The summed E-state index contributed by atoms with van der Waals surface area (Å²) in [6.07, 6.45) is 1.83. The van der Waals surface area contributed by atoms with Gasteiger partial charge in [0.05, 0.1) is 34.0 Å². The second-order valence-corrected chi connectivity index (χ2v) is 9.13. The molecule has 0 unspecified atom stereocenters. The highest BCUT2D eigenvalue weighted by Gasteiger charge is 2.38. The van der Waals surface area contributed by atoms with E-state index in [0.29, 0.717) is 23.0 Å². The van der Waals surface area contributed by atoms with E-state index in [2.05, 4.69) is 26.0 Å². The average molecular weight is 501 g/mol. The zero-order valence-corrected chi connectivity index (χ0v) is 22.0. The molecule has 0 aromatic heterocycles. The van der Waals surface area contributed by atoms with Crippen molar-refractivity contribution >= 4 is 17.6 Å². The molecule has 192 valence electrons. The van der Waals surface area contributed by atoms with E-state index >= 15 is 0 Å². The van der Waals surface area contributed by atoms with Crippen molar-refractivity contribution in [3.63, 3.8) is 0 Å². The molecule has 0 fully saturated rings. The highest BCUT2D eigenvalue weighted by molar-refractivity contribution is 6.03. The minimum Gasteiger partial charge on any atom is -0.507 e. The fraction of sp³-hybridized carbons (Fsp3) is 0.258. The van der Waals surface area contributed by atoms with E-state index < -0.39 is 11.9 Å². The summed E-state index contributed by atoms with van der Waals surface area (Å²) >= 11 is 0. The van der Waals surface area contributed by atoms with Gasteiger partial charge in [0.15, 0.2) is 11.5 Å². The maximum atomic E-state index is 13.2. The second kappa shape index (κ2) is 10.8. The summed E-state index contributed by atoms with van der Waals surface area (Å²) in [7, 11) is 6.06. The van der Waals surface area contributed by atoms with E-state index in [9.17, 15) is 9.90 Å². The summed E-state index contributed by atoms with van der Waals surface area (Å²) in [5.41, 5.74) is 5.04. The van der Waals surface area contributed by atoms with E-state index in [-0.39, 0.29) is 11.3 Å². The standard InChI is InChI=1S/C31H32O6/c1-18(2)20-9-11-21(12-10-20)28-24-17-27(36-5)26(35-4)16-23(24)25(30(32)29(28)31(33)37-6)15-19-7-13-22(34-3)14-8-19/h7-18,28,32H,1-6H3/b25-15+/t28-/m1/s1. The van der Waals surface area contributed by atoms with Gasteiger partial charge in [-0.2, -0.15) is 0 Å². The first-order valence-corrected chi connectivity index (χ1v) is 12.1. The zero-order valence-electron chi connectivity index (χ0n) is 22.0. The van der Waals surface area contributed by atoms with Crippen molar-refractivity contribution < 1.29 is 28.8 Å². The minimum absolute atomic E-state index is 0.139. The summed E-state index contributed by atoms with van der Waals surface area (Å²) in [5, 5.41) is 11.6. The molecule has 0 aliphatic heterocycles. The SMILES string of the molecule is COC(=O)C1=C(O)/C(=C/c2ccc(OC)cc2)c2cc(OC)c(OC)cc2[C@H]1c1ccc(C(C)C)cc1. The molecular weight excluding hydrogens is 468 g/mol. The molecule has 1 atom stereocenters. The lowest BCUT2D eigenvalue weighted by atomic mass is 9.74. The summed E-state index contributed by atoms with van der Waals surface area (Å²) in [4.78, 5) is 13.2. The largest absolute Gasteiger partial charge is 0.507 e. The van der Waals surface area contributed by atoms with Crippen LogP contribution in [0.25, 0.3) is 11.6 Å². The van der Waals surface area contributed by atoms with Gasteiger partial charge in [0.1, 0.15) is 11.5 Å². The number of hydrogen-bond acceptors (Lipinski definition) is 6. The quantitative estimate of drug-likeness (QED) is 0.373. The van der Waals surface area contributed by atoms with Gasteiger partial charge < -0.3 is 24.1 Å². The van der Waals surface area contributed by atoms with Crippen molar-refractivity contribution in [3.05, 3.63) is 99.8 Å². The molecule has 0 amide bonds. The average Bonchev–Trinajstić information content (AvgIpc) is 2.93. The van der Waals surface area contributed by atoms with Crippen LogP contribution in [-0.2, 0) is 9.53 Å². The smallest absolute Gasteiger partial charge is 0.338 e. The molecule has 4 rings (SSSR count). The molecule has 1 aliphatic rings. The fourth-order valence-corrected chi connectivity index (χ4v) is 4.69. The van der Waals surface area contributed by atoms with Crippen molar-refractivity contribution in [3.8, 4) is 17.2 Å². The monoisotopic (exact) mass is 500 g/mol. The van der Waals surface area contributed by atoms with Gasteiger partial charge in [0.25, 0.3) is 0 Å². The third-order valence-corrected chi connectivity index (χ3v) is 6.72. The number of ether oxygens (including phenoxy) is 4. The number of allylic oxidation sites excluding steroid dienone is 1. The summed E-state index contributed by atoms with van der Waals surface area (Å²) < 4.78 is 21.6. The number of aliphatic hydroxyl groups excluding tert-OH is 1. The van der Waals surface area contributed by atoms with Crippen LogP contribution in [0.2, 0.25) is 0 Å². The highest BCUT2D eigenvalue weighted by atomic mass is 16.5. The normalized spacial score (nSPS) is 16.0. The molecule has 3 aromatic rings. The van der Waals surface area contributed by atoms with Crippen LogP contribution in [0.1, 0.15) is 53.5 Å². The predicted molar refractivity (Wildman–Crippen MR) is 144 cm³/mol. The lowest BCUT2D eigenvalue weighted by Gasteiger charge is -2.30. The van der Waals surface area contributed by atoms with Gasteiger partial charge in [-0.05, 0) is 64.1 Å². The predicted octanol–water partition coefficient (Wildman–Crippen LogP) is 6.51. The molecule has 0 radical (unpaired) electrons. The Morgan fingerprint density at radius 3 is 2.03 bits per heavy atom. The third kappa shape index (κ3) is 4.92. The second-order valence-electron chi connectivity index (χ2n) is 9.13. The number of fused-ring (bicyclic) bond motifs is 1.